The molecule has 18 heavy (non-hydrogen) atoms. The van der Waals surface area contributed by atoms with Gasteiger partial charge in [0.25, 0.3) is 0 Å². The van der Waals surface area contributed by atoms with Crippen molar-refractivity contribution in [2.75, 3.05) is 31.6 Å². The number of rotatable bonds is 2. The molecule has 2 aliphatic rings. The third-order valence-electron chi connectivity index (χ3n) is 3.04. The van der Waals surface area contributed by atoms with Gasteiger partial charge in [0, 0.05) is 25.2 Å². The van der Waals surface area contributed by atoms with Crippen LogP contribution in [0.25, 0.3) is 0 Å². The van der Waals surface area contributed by atoms with Crippen molar-refractivity contribution in [2.24, 2.45) is 5.92 Å². The minimum atomic E-state index is -0.0210. The van der Waals surface area contributed by atoms with E-state index in [-0.39, 0.29) is 11.8 Å². The van der Waals surface area contributed by atoms with Gasteiger partial charge in [-0.15, -0.1) is 0 Å². The molecule has 0 spiro atoms. The van der Waals surface area contributed by atoms with E-state index in [0.29, 0.717) is 48.5 Å². The smallest absolute Gasteiger partial charge is 0.230 e. The van der Waals surface area contributed by atoms with Gasteiger partial charge in [0.15, 0.2) is 11.5 Å². The van der Waals surface area contributed by atoms with E-state index >= 15 is 0 Å². The third-order valence-corrected chi connectivity index (χ3v) is 3.35. The highest BCUT2D eigenvalue weighted by Gasteiger charge is 2.26. The molecule has 1 aromatic carbocycles. The van der Waals surface area contributed by atoms with Gasteiger partial charge in [-0.1, -0.05) is 11.6 Å². The molecular formula is C12H13ClN2O3. The standard InChI is InChI=1S/C12H13ClN2O3/c13-8-3-10-11(18-2-1-17-10)4-9(8)15-12(16)7-5-14-6-7/h3-4,7,14H,1-2,5-6H2,(H,15,16). The zero-order chi connectivity index (χ0) is 12.5. The Morgan fingerprint density at radius 1 is 1.28 bits per heavy atom. The van der Waals surface area contributed by atoms with E-state index in [4.69, 9.17) is 21.1 Å². The molecular weight excluding hydrogens is 256 g/mol. The molecule has 1 aromatic rings. The molecule has 0 saturated carbocycles. The Bertz CT molecular complexity index is 488. The molecule has 96 valence electrons. The molecule has 0 bridgehead atoms. The summed E-state index contributed by atoms with van der Waals surface area (Å²) < 4.78 is 10.9. The predicted octanol–water partition coefficient (Wildman–Crippen LogP) is 1.27. The fourth-order valence-electron chi connectivity index (χ4n) is 1.87. The van der Waals surface area contributed by atoms with Crippen LogP contribution in [0.4, 0.5) is 5.69 Å². The normalized spacial score (nSPS) is 18.1. The van der Waals surface area contributed by atoms with E-state index in [1.807, 2.05) is 0 Å². The Morgan fingerprint density at radius 3 is 2.56 bits per heavy atom. The second-order valence-corrected chi connectivity index (χ2v) is 4.73. The lowest BCUT2D eigenvalue weighted by Gasteiger charge is -2.26. The molecule has 1 amide bonds. The average molecular weight is 269 g/mol. The minimum Gasteiger partial charge on any atom is -0.486 e. The van der Waals surface area contributed by atoms with Gasteiger partial charge in [0.1, 0.15) is 13.2 Å². The van der Waals surface area contributed by atoms with E-state index in [0.717, 1.165) is 0 Å². The summed E-state index contributed by atoms with van der Waals surface area (Å²) in [6.45, 7) is 2.46. The van der Waals surface area contributed by atoms with Crippen molar-refractivity contribution in [3.8, 4) is 11.5 Å². The Balaban J connectivity index is 1.80. The molecule has 5 nitrogen and oxygen atoms in total. The first kappa shape index (κ1) is 11.6. The van der Waals surface area contributed by atoms with Gasteiger partial charge in [0.2, 0.25) is 5.91 Å². The van der Waals surface area contributed by atoms with Crippen LogP contribution < -0.4 is 20.1 Å². The first-order chi connectivity index (χ1) is 8.74. The molecule has 0 aliphatic carbocycles. The van der Waals surface area contributed by atoms with Crippen molar-refractivity contribution in [1.29, 1.82) is 0 Å². The van der Waals surface area contributed by atoms with Crippen LogP contribution in [0.2, 0.25) is 5.02 Å². The maximum absolute atomic E-state index is 11.8. The Hall–Kier alpha value is -1.46. The summed E-state index contributed by atoms with van der Waals surface area (Å²) >= 11 is 6.11. The fourth-order valence-corrected chi connectivity index (χ4v) is 2.07. The number of anilines is 1. The zero-order valence-electron chi connectivity index (χ0n) is 9.66. The monoisotopic (exact) mass is 268 g/mol. The highest BCUT2D eigenvalue weighted by Crippen LogP contribution is 2.38. The molecule has 6 heteroatoms. The first-order valence-corrected chi connectivity index (χ1v) is 6.22. The molecule has 2 heterocycles. The number of hydrogen-bond acceptors (Lipinski definition) is 4. The summed E-state index contributed by atoms with van der Waals surface area (Å²) in [5.41, 5.74) is 0.567. The largest absolute Gasteiger partial charge is 0.486 e. The second-order valence-electron chi connectivity index (χ2n) is 4.32. The highest BCUT2D eigenvalue weighted by molar-refractivity contribution is 6.34. The summed E-state index contributed by atoms with van der Waals surface area (Å²) in [7, 11) is 0. The van der Waals surface area contributed by atoms with Crippen LogP contribution in [0.15, 0.2) is 12.1 Å². The van der Waals surface area contributed by atoms with E-state index < -0.39 is 0 Å². The van der Waals surface area contributed by atoms with Gasteiger partial charge in [-0.3, -0.25) is 4.79 Å². The number of carbonyl (C=O) groups excluding carboxylic acids is 1. The number of nitrogens with one attached hydrogen (secondary N) is 2. The number of ether oxygens (including phenoxy) is 2. The van der Waals surface area contributed by atoms with Crippen molar-refractivity contribution in [3.05, 3.63) is 17.2 Å². The molecule has 0 radical (unpaired) electrons. The molecule has 0 unspecified atom stereocenters. The van der Waals surface area contributed by atoms with Gasteiger partial charge in [-0.2, -0.15) is 0 Å². The lowest BCUT2D eigenvalue weighted by molar-refractivity contribution is -0.121. The molecule has 1 fully saturated rings. The van der Waals surface area contributed by atoms with Crippen LogP contribution >= 0.6 is 11.6 Å². The van der Waals surface area contributed by atoms with E-state index in [1.54, 1.807) is 12.1 Å². The van der Waals surface area contributed by atoms with Gasteiger partial charge >= 0.3 is 0 Å². The van der Waals surface area contributed by atoms with Crippen LogP contribution in [-0.4, -0.2) is 32.2 Å². The van der Waals surface area contributed by atoms with Crippen molar-refractivity contribution < 1.29 is 14.3 Å². The third kappa shape index (κ3) is 2.11. The minimum absolute atomic E-state index is 0.0210. The van der Waals surface area contributed by atoms with Gasteiger partial charge < -0.3 is 20.1 Å². The van der Waals surface area contributed by atoms with Gasteiger partial charge in [-0.05, 0) is 0 Å². The lowest BCUT2D eigenvalue weighted by Crippen LogP contribution is -2.48. The molecule has 2 aliphatic heterocycles. The first-order valence-electron chi connectivity index (χ1n) is 5.85. The van der Waals surface area contributed by atoms with Gasteiger partial charge in [-0.25, -0.2) is 0 Å². The van der Waals surface area contributed by atoms with Crippen molar-refractivity contribution >= 4 is 23.2 Å². The van der Waals surface area contributed by atoms with Crippen LogP contribution in [0.3, 0.4) is 0 Å². The van der Waals surface area contributed by atoms with Crippen LogP contribution in [0.5, 0.6) is 11.5 Å². The SMILES string of the molecule is O=C(Nc1cc2c(cc1Cl)OCCO2)C1CNC1. The molecule has 2 N–H and O–H groups in total. The summed E-state index contributed by atoms with van der Waals surface area (Å²) in [5, 5.41) is 6.33. The fraction of sp³-hybridized carbons (Fsp3) is 0.417. The zero-order valence-corrected chi connectivity index (χ0v) is 10.4. The van der Waals surface area contributed by atoms with Crippen molar-refractivity contribution in [1.82, 2.24) is 5.32 Å². The molecule has 0 atom stereocenters. The van der Waals surface area contributed by atoms with Crippen LogP contribution in [0, 0.1) is 5.92 Å². The molecule has 1 saturated heterocycles. The van der Waals surface area contributed by atoms with E-state index in [1.165, 1.54) is 0 Å². The Kier molecular flexibility index (Phi) is 3.01. The summed E-state index contributed by atoms with van der Waals surface area (Å²) in [5.74, 6) is 1.24. The maximum Gasteiger partial charge on any atom is 0.230 e. The number of benzene rings is 1. The number of halogens is 1. The predicted molar refractivity (Wildman–Crippen MR) is 67.4 cm³/mol. The quantitative estimate of drug-likeness (QED) is 0.848. The number of amides is 1. The lowest BCUT2D eigenvalue weighted by atomic mass is 10.0. The van der Waals surface area contributed by atoms with Crippen LogP contribution in [0.1, 0.15) is 0 Å². The van der Waals surface area contributed by atoms with Gasteiger partial charge in [0.05, 0.1) is 16.6 Å². The van der Waals surface area contributed by atoms with Crippen molar-refractivity contribution in [3.63, 3.8) is 0 Å². The maximum atomic E-state index is 11.8. The van der Waals surface area contributed by atoms with Crippen molar-refractivity contribution in [2.45, 2.75) is 0 Å². The van der Waals surface area contributed by atoms with E-state index in [2.05, 4.69) is 10.6 Å². The molecule has 0 aromatic heterocycles. The Morgan fingerprint density at radius 2 is 1.94 bits per heavy atom. The van der Waals surface area contributed by atoms with E-state index in [9.17, 15) is 4.79 Å². The summed E-state index contributed by atoms with van der Waals surface area (Å²) in [6.07, 6.45) is 0. The average Bonchev–Trinajstić information content (AvgIpc) is 2.27. The number of fused-ring (bicyclic) bond motifs is 1. The number of carbonyl (C=O) groups is 1. The highest BCUT2D eigenvalue weighted by atomic mass is 35.5. The van der Waals surface area contributed by atoms with Crippen LogP contribution in [-0.2, 0) is 4.79 Å². The summed E-state index contributed by atoms with van der Waals surface area (Å²) in [4.78, 5) is 11.8. The Labute approximate surface area is 109 Å². The topological polar surface area (TPSA) is 59.6 Å². The molecule has 3 rings (SSSR count). The second kappa shape index (κ2) is 4.66. The summed E-state index contributed by atoms with van der Waals surface area (Å²) in [6, 6.07) is 3.38. The number of hydrogen-bond donors (Lipinski definition) is 2.